The van der Waals surface area contributed by atoms with Gasteiger partial charge in [0.15, 0.2) is 0 Å². The molecule has 0 fully saturated rings. The van der Waals surface area contributed by atoms with Crippen molar-refractivity contribution in [2.75, 3.05) is 0 Å². The van der Waals surface area contributed by atoms with E-state index in [4.69, 9.17) is 0 Å². The Bertz CT molecular complexity index is 8.00. The Labute approximate surface area is 72.2 Å². The Kier molecular flexibility index (Phi) is 157. The molecule has 0 atom stereocenters. The monoisotopic (exact) mass is 262 g/mol. The fourth-order valence-electron chi connectivity index (χ4n) is 0. The minimum Gasteiger partial charge on any atom is 0 e. The van der Waals surface area contributed by atoms with Crippen LogP contribution in [0.3, 0.4) is 0 Å². The van der Waals surface area contributed by atoms with E-state index in [0.717, 1.165) is 0 Å². The predicted octanol–water partition coefficient (Wildman–Crippen LogP) is -0.0100. The van der Waals surface area contributed by atoms with Gasteiger partial charge in [-0.05, 0) is 0 Å². The molecule has 0 saturated carbocycles. The van der Waals surface area contributed by atoms with E-state index in [1.165, 1.54) is 0 Å². The molecule has 4 heteroatoms. The second-order valence-corrected chi connectivity index (χ2v) is 0. The summed E-state index contributed by atoms with van der Waals surface area (Å²) in [5.74, 6) is 0. The summed E-state index contributed by atoms with van der Waals surface area (Å²) in [5.41, 5.74) is 0. The largest absolute Gasteiger partial charge is 0 e. The zero-order valence-corrected chi connectivity index (χ0v) is 6.97. The molecule has 0 aromatic heterocycles. The van der Waals surface area contributed by atoms with Gasteiger partial charge in [-0.15, -0.1) is 0 Å². The van der Waals surface area contributed by atoms with Crippen LogP contribution in [0.25, 0.3) is 0 Å². The van der Waals surface area contributed by atoms with Crippen LogP contribution in [0.2, 0.25) is 0 Å². The van der Waals surface area contributed by atoms with Gasteiger partial charge >= 0.3 is 0 Å². The van der Waals surface area contributed by atoms with Gasteiger partial charge in [0.1, 0.15) is 0 Å². The van der Waals surface area contributed by atoms with Crippen molar-refractivity contribution in [3.8, 4) is 0 Å². The van der Waals surface area contributed by atoms with E-state index in [2.05, 4.69) is 0 Å². The van der Waals surface area contributed by atoms with E-state index in [-0.39, 0.29) is 73.0 Å². The third-order valence-corrected chi connectivity index (χ3v) is 0. The van der Waals surface area contributed by atoms with Gasteiger partial charge < -0.3 is 0 Å². The molecule has 0 heterocycles. The van der Waals surface area contributed by atoms with E-state index in [1.54, 1.807) is 0 Å². The van der Waals surface area contributed by atoms with Crippen molar-refractivity contribution in [2.45, 2.75) is 0 Å². The second kappa shape index (κ2) is 18.6. The van der Waals surface area contributed by atoms with E-state index >= 15 is 0 Å². The van der Waals surface area contributed by atoms with Gasteiger partial charge in [0.2, 0.25) is 0 Å². The summed E-state index contributed by atoms with van der Waals surface area (Å²) in [7, 11) is 0. The Morgan fingerprint density at radius 1 is 1.00 bits per heavy atom. The van der Waals surface area contributed by atoms with Crippen LogP contribution < -0.4 is 0 Å². The van der Waals surface area contributed by atoms with Crippen LogP contribution in [0.1, 0.15) is 0 Å². The summed E-state index contributed by atoms with van der Waals surface area (Å²) in [5, 5.41) is 0. The summed E-state index contributed by atoms with van der Waals surface area (Å²) >= 11 is 0. The third kappa shape index (κ3) is 8.86. The molecule has 0 bridgehead atoms. The Morgan fingerprint density at radius 3 is 1.00 bits per heavy atom. The van der Waals surface area contributed by atoms with Crippen molar-refractivity contribution in [3.63, 3.8) is 0 Å². The molecule has 0 aliphatic carbocycles. The van der Waals surface area contributed by atoms with Gasteiger partial charge in [-0.1, -0.05) is 0 Å². The van der Waals surface area contributed by atoms with E-state index in [0.29, 0.717) is 0 Å². The summed E-state index contributed by atoms with van der Waals surface area (Å²) in [6.45, 7) is 0. The first-order valence-electron chi connectivity index (χ1n) is 0. The van der Waals surface area contributed by atoms with Crippen LogP contribution >= 0.6 is 0 Å². The molecule has 0 aromatic carbocycles. The Hall–Kier alpha value is 2.27. The van der Waals surface area contributed by atoms with Crippen LogP contribution in [0.15, 0.2) is 0 Å². The minimum atomic E-state index is 0. The molecule has 30 valence electrons. The van der Waals surface area contributed by atoms with Crippen molar-refractivity contribution >= 4 is 0 Å². The maximum absolute atomic E-state index is 0. The Morgan fingerprint density at radius 2 is 1.00 bits per heavy atom. The van der Waals surface area contributed by atoms with Gasteiger partial charge in [-0.2, -0.15) is 0 Å². The maximum atomic E-state index is 0. The molecule has 2 radical (unpaired) electrons. The van der Waals surface area contributed by atoms with Crippen LogP contribution in [0.5, 0.6) is 0 Å². The van der Waals surface area contributed by atoms with Crippen LogP contribution in [0.4, 0.5) is 0 Å². The quantitative estimate of drug-likeness (QED) is 0.539. The molecule has 0 saturated heterocycles. The molecular formula is FeMnNbNi. The zero-order valence-electron chi connectivity index (χ0n) is 1.49. The molecule has 0 N–H and O–H groups in total. The first kappa shape index (κ1) is 33.8. The predicted molar refractivity (Wildman–Crippen MR) is 0 cm³/mol. The normalized spacial score (nSPS) is 0. The molecular weight excluding hydrogens is 262 g/mol. The molecule has 0 aliphatic rings. The SMILES string of the molecule is [Fe].[Mn].[Nb].[Ni]. The topological polar surface area (TPSA) is 0 Å². The first-order chi connectivity index (χ1) is 0. The Balaban J connectivity index is 0. The minimum absolute atomic E-state index is 0. The summed E-state index contributed by atoms with van der Waals surface area (Å²) in [6.07, 6.45) is 0. The van der Waals surface area contributed by atoms with Crippen molar-refractivity contribution in [3.05, 3.63) is 0 Å². The third-order valence-electron chi connectivity index (χ3n) is 0. The molecule has 4 heavy (non-hydrogen) atoms. The van der Waals surface area contributed by atoms with Crippen LogP contribution in [-0.4, -0.2) is 0 Å². The smallest absolute Gasteiger partial charge is 0 e. The maximum Gasteiger partial charge on any atom is 0 e. The summed E-state index contributed by atoms with van der Waals surface area (Å²) < 4.78 is 0. The van der Waals surface area contributed by atoms with Gasteiger partial charge in [0.05, 0.1) is 0 Å². The van der Waals surface area contributed by atoms with Gasteiger partial charge in [0, 0.05) is 73.0 Å². The molecule has 0 rings (SSSR count). The molecule has 0 aliphatic heterocycles. The standard InChI is InChI=1S/Fe.Mn.Nb.Ni. The molecule has 0 aromatic rings. The zero-order chi connectivity index (χ0) is 0. The fourth-order valence-corrected chi connectivity index (χ4v) is 0. The van der Waals surface area contributed by atoms with E-state index < -0.39 is 0 Å². The van der Waals surface area contributed by atoms with E-state index in [9.17, 15) is 0 Å². The van der Waals surface area contributed by atoms with Gasteiger partial charge in [-0.25, -0.2) is 0 Å². The van der Waals surface area contributed by atoms with Crippen molar-refractivity contribution in [1.29, 1.82) is 0 Å². The number of hydrogen-bond donors (Lipinski definition) is 0. The summed E-state index contributed by atoms with van der Waals surface area (Å²) in [4.78, 5) is 0. The average Bonchev–Trinajstić information content (AvgIpc) is 0. The molecule has 0 spiro atoms. The molecule has 0 nitrogen and oxygen atoms in total. The van der Waals surface area contributed by atoms with Crippen molar-refractivity contribution < 1.29 is 73.0 Å². The average molecular weight is 262 g/mol. The second-order valence-electron chi connectivity index (χ2n) is 0. The number of hydrogen-bond acceptors (Lipinski definition) is 0. The first-order valence-corrected chi connectivity index (χ1v) is 0. The van der Waals surface area contributed by atoms with Crippen molar-refractivity contribution in [2.24, 2.45) is 0 Å². The fraction of sp³-hybridized carbons (Fsp3) is 0. The van der Waals surface area contributed by atoms with Gasteiger partial charge in [0.25, 0.3) is 0 Å². The number of rotatable bonds is 0. The molecule has 0 amide bonds. The van der Waals surface area contributed by atoms with Crippen LogP contribution in [0, 0.1) is 0 Å². The summed E-state index contributed by atoms with van der Waals surface area (Å²) in [6, 6.07) is 0. The van der Waals surface area contributed by atoms with Gasteiger partial charge in [-0.3, -0.25) is 0 Å². The van der Waals surface area contributed by atoms with Crippen LogP contribution in [-0.2, 0) is 73.0 Å². The molecule has 0 unspecified atom stereocenters. The van der Waals surface area contributed by atoms with Crippen molar-refractivity contribution in [1.82, 2.24) is 0 Å². The van der Waals surface area contributed by atoms with E-state index in [1.807, 2.05) is 0 Å².